The first kappa shape index (κ1) is 22.0. The number of esters is 1. The molecule has 6 nitrogen and oxygen atoms in total. The van der Waals surface area contributed by atoms with E-state index in [1.54, 1.807) is 17.0 Å². The molecule has 0 atom stereocenters. The van der Waals surface area contributed by atoms with Gasteiger partial charge in [-0.25, -0.2) is 4.79 Å². The molecule has 0 N–H and O–H groups in total. The summed E-state index contributed by atoms with van der Waals surface area (Å²) in [6.45, 7) is 1.02. The lowest BCUT2D eigenvalue weighted by Gasteiger charge is -2.32. The first-order chi connectivity index (χ1) is 15.5. The number of rotatable bonds is 5. The van der Waals surface area contributed by atoms with E-state index >= 15 is 0 Å². The highest BCUT2D eigenvalue weighted by atomic mass is 35.5. The van der Waals surface area contributed by atoms with Crippen LogP contribution in [0, 0.1) is 0 Å². The Balaban J connectivity index is 1.45. The van der Waals surface area contributed by atoms with Gasteiger partial charge in [-0.05, 0) is 53.3 Å². The zero-order chi connectivity index (χ0) is 22.7. The van der Waals surface area contributed by atoms with Gasteiger partial charge in [-0.2, -0.15) is 0 Å². The molecule has 1 aliphatic heterocycles. The van der Waals surface area contributed by atoms with E-state index in [4.69, 9.17) is 16.3 Å². The van der Waals surface area contributed by atoms with Crippen LogP contribution in [-0.4, -0.2) is 47.7 Å². The molecule has 164 valence electrons. The number of hydrogen-bond acceptors (Lipinski definition) is 5. The Morgan fingerprint density at radius 2 is 1.75 bits per heavy atom. The molecule has 0 saturated carbocycles. The lowest BCUT2D eigenvalue weighted by molar-refractivity contribution is -0.145. The second-order valence-electron chi connectivity index (χ2n) is 7.87. The number of ether oxygens (including phenoxy) is 1. The number of nitrogens with zero attached hydrogens (tertiary/aromatic N) is 2. The molecule has 1 fully saturated rings. The number of aromatic nitrogens is 1. The lowest BCUT2D eigenvalue weighted by Crippen LogP contribution is -2.42. The van der Waals surface area contributed by atoms with Gasteiger partial charge in [0, 0.05) is 25.0 Å². The average molecular weight is 451 g/mol. The summed E-state index contributed by atoms with van der Waals surface area (Å²) in [5.41, 5.74) is 2.22. The third kappa shape index (κ3) is 4.50. The number of benzene rings is 2. The summed E-state index contributed by atoms with van der Waals surface area (Å²) in [5, 5.41) is 2.37. The molecule has 1 amide bonds. The number of hydrogen-bond donors (Lipinski definition) is 0. The number of amides is 1. The summed E-state index contributed by atoms with van der Waals surface area (Å²) in [6, 6.07) is 14.9. The molecule has 1 aliphatic rings. The number of methoxy groups -OCH3 is 1. The second-order valence-corrected chi connectivity index (χ2v) is 8.31. The van der Waals surface area contributed by atoms with Gasteiger partial charge < -0.3 is 9.64 Å². The van der Waals surface area contributed by atoms with E-state index in [9.17, 15) is 14.4 Å². The normalized spacial score (nSPS) is 14.4. The van der Waals surface area contributed by atoms with Crippen molar-refractivity contribution in [3.05, 3.63) is 76.6 Å². The summed E-state index contributed by atoms with van der Waals surface area (Å²) in [6.07, 6.45) is 2.94. The van der Waals surface area contributed by atoms with Crippen LogP contribution in [0.15, 0.2) is 54.7 Å². The summed E-state index contributed by atoms with van der Waals surface area (Å²) < 4.78 is 4.91. The van der Waals surface area contributed by atoms with E-state index in [0.717, 1.165) is 29.2 Å². The molecule has 0 aliphatic carbocycles. The van der Waals surface area contributed by atoms with Crippen molar-refractivity contribution in [3.8, 4) is 0 Å². The van der Waals surface area contributed by atoms with Crippen LogP contribution in [0.1, 0.15) is 40.4 Å². The quantitative estimate of drug-likeness (QED) is 0.430. The molecule has 2 heterocycles. The molecule has 3 aromatic rings. The number of carbonyl (C=O) groups excluding carboxylic acids is 3. The predicted octanol–water partition coefficient (Wildman–Crippen LogP) is 4.19. The number of likely N-dealkylation sites (tertiary alicyclic amines) is 1. The van der Waals surface area contributed by atoms with Crippen molar-refractivity contribution < 1.29 is 19.1 Å². The Kier molecular flexibility index (Phi) is 6.51. The van der Waals surface area contributed by atoms with Crippen molar-refractivity contribution in [2.75, 3.05) is 20.2 Å². The van der Waals surface area contributed by atoms with Gasteiger partial charge in [0.1, 0.15) is 0 Å². The lowest BCUT2D eigenvalue weighted by atomic mass is 9.85. The molecule has 1 aromatic heterocycles. The topological polar surface area (TPSA) is 76.6 Å². The molecule has 7 heteroatoms. The third-order valence-corrected chi connectivity index (χ3v) is 6.18. The van der Waals surface area contributed by atoms with Gasteiger partial charge in [0.05, 0.1) is 24.1 Å². The maximum absolute atomic E-state index is 12.6. The number of Topliss-reactive ketones (excluding diaryl/α,β-unsaturated/α-hetero) is 1. The van der Waals surface area contributed by atoms with Gasteiger partial charge in [0.25, 0.3) is 5.91 Å². The van der Waals surface area contributed by atoms with Crippen LogP contribution in [0.25, 0.3) is 10.8 Å². The molecular weight excluding hydrogens is 428 g/mol. The Labute approximate surface area is 191 Å². The van der Waals surface area contributed by atoms with Crippen LogP contribution < -0.4 is 0 Å². The van der Waals surface area contributed by atoms with Gasteiger partial charge in [0.15, 0.2) is 0 Å². The van der Waals surface area contributed by atoms with Gasteiger partial charge >= 0.3 is 5.97 Å². The minimum Gasteiger partial charge on any atom is -0.465 e. The monoisotopic (exact) mass is 450 g/mol. The molecule has 2 aromatic carbocycles. The van der Waals surface area contributed by atoms with Crippen LogP contribution in [0.5, 0.6) is 0 Å². The van der Waals surface area contributed by atoms with Crippen molar-refractivity contribution >= 4 is 40.0 Å². The summed E-state index contributed by atoms with van der Waals surface area (Å²) in [5.74, 6) is -1.05. The number of pyridine rings is 1. The number of piperidine rings is 1. The van der Waals surface area contributed by atoms with E-state index < -0.39 is 11.7 Å². The molecule has 4 rings (SSSR count). The van der Waals surface area contributed by atoms with Crippen LogP contribution in [-0.2, 0) is 20.7 Å². The standard InChI is InChI=1S/C25H23ClN2O4/c1-32-25(31)22-9-8-19(20-4-2-3-5-21(20)22)16-10-12-28(13-11-16)24(30)23(29)14-18-7-6-17(26)15-27-18/h2-9,15-16H,10-14H2,1H3. The fraction of sp³-hybridized carbons (Fsp3) is 0.280. The highest BCUT2D eigenvalue weighted by Crippen LogP contribution is 2.34. The zero-order valence-corrected chi connectivity index (χ0v) is 18.5. The predicted molar refractivity (Wildman–Crippen MR) is 122 cm³/mol. The number of carbonyl (C=O) groups is 3. The van der Waals surface area contributed by atoms with E-state index in [2.05, 4.69) is 4.98 Å². The Bertz CT molecular complexity index is 1170. The van der Waals surface area contributed by atoms with Gasteiger partial charge in [-0.3, -0.25) is 14.6 Å². The minimum absolute atomic E-state index is 0.0322. The van der Waals surface area contributed by atoms with Crippen molar-refractivity contribution in [1.29, 1.82) is 0 Å². The molecule has 0 bridgehead atoms. The summed E-state index contributed by atoms with van der Waals surface area (Å²) in [4.78, 5) is 42.9. The summed E-state index contributed by atoms with van der Waals surface area (Å²) in [7, 11) is 1.38. The van der Waals surface area contributed by atoms with Crippen molar-refractivity contribution in [1.82, 2.24) is 9.88 Å². The van der Waals surface area contributed by atoms with Crippen molar-refractivity contribution in [3.63, 3.8) is 0 Å². The first-order valence-electron chi connectivity index (χ1n) is 10.5. The molecular formula is C25H23ClN2O4. The fourth-order valence-corrected chi connectivity index (χ4v) is 4.40. The number of halogens is 1. The highest BCUT2D eigenvalue weighted by Gasteiger charge is 2.29. The van der Waals surface area contributed by atoms with Gasteiger partial charge in [-0.1, -0.05) is 41.9 Å². The molecule has 0 radical (unpaired) electrons. The molecule has 1 saturated heterocycles. The Hall–Kier alpha value is -3.25. The smallest absolute Gasteiger partial charge is 0.338 e. The molecule has 0 unspecified atom stereocenters. The maximum Gasteiger partial charge on any atom is 0.338 e. The fourth-order valence-electron chi connectivity index (χ4n) is 4.29. The zero-order valence-electron chi connectivity index (χ0n) is 17.7. The third-order valence-electron chi connectivity index (χ3n) is 5.95. The Morgan fingerprint density at radius 3 is 2.41 bits per heavy atom. The second kappa shape index (κ2) is 9.49. The Morgan fingerprint density at radius 1 is 1.03 bits per heavy atom. The average Bonchev–Trinajstić information content (AvgIpc) is 2.84. The maximum atomic E-state index is 12.6. The number of ketones is 1. The van der Waals surface area contributed by atoms with E-state index in [-0.39, 0.29) is 18.3 Å². The largest absolute Gasteiger partial charge is 0.465 e. The van der Waals surface area contributed by atoms with Crippen LogP contribution >= 0.6 is 11.6 Å². The minimum atomic E-state index is -0.467. The van der Waals surface area contributed by atoms with Gasteiger partial charge in [0.2, 0.25) is 5.78 Å². The molecule has 32 heavy (non-hydrogen) atoms. The summed E-state index contributed by atoms with van der Waals surface area (Å²) >= 11 is 5.82. The molecule has 0 spiro atoms. The van der Waals surface area contributed by atoms with Crippen LogP contribution in [0.2, 0.25) is 5.02 Å². The van der Waals surface area contributed by atoms with Crippen LogP contribution in [0.3, 0.4) is 0 Å². The van der Waals surface area contributed by atoms with E-state index in [0.29, 0.717) is 29.4 Å². The van der Waals surface area contributed by atoms with Gasteiger partial charge in [-0.15, -0.1) is 0 Å². The van der Waals surface area contributed by atoms with E-state index in [1.165, 1.54) is 13.3 Å². The van der Waals surface area contributed by atoms with Crippen LogP contribution in [0.4, 0.5) is 0 Å². The van der Waals surface area contributed by atoms with Crippen molar-refractivity contribution in [2.24, 2.45) is 0 Å². The van der Waals surface area contributed by atoms with E-state index in [1.807, 2.05) is 36.4 Å². The SMILES string of the molecule is COC(=O)c1ccc(C2CCN(C(=O)C(=O)Cc3ccc(Cl)cn3)CC2)c2ccccc12. The number of fused-ring (bicyclic) bond motifs is 1. The van der Waals surface area contributed by atoms with Crippen molar-refractivity contribution in [2.45, 2.75) is 25.2 Å². The first-order valence-corrected chi connectivity index (χ1v) is 10.9. The highest BCUT2D eigenvalue weighted by molar-refractivity contribution is 6.36.